The monoisotopic (exact) mass is 258 g/mol. The largest absolute Gasteiger partial charge is 0.479 e. The third-order valence-electron chi connectivity index (χ3n) is 2.14. The first-order valence-electron chi connectivity index (χ1n) is 5.37. The Morgan fingerprint density at radius 1 is 1.22 bits per heavy atom. The van der Waals surface area contributed by atoms with Crippen molar-refractivity contribution in [3.63, 3.8) is 0 Å². The van der Waals surface area contributed by atoms with Crippen LogP contribution in [-0.4, -0.2) is 19.3 Å². The van der Waals surface area contributed by atoms with Crippen molar-refractivity contribution in [3.8, 4) is 11.8 Å². The van der Waals surface area contributed by atoms with E-state index in [1.807, 2.05) is 6.07 Å². The van der Waals surface area contributed by atoms with Gasteiger partial charge in [-0.3, -0.25) is 0 Å². The van der Waals surface area contributed by atoms with E-state index >= 15 is 0 Å². The van der Waals surface area contributed by atoms with Gasteiger partial charge in [0.1, 0.15) is 11.8 Å². The molecule has 98 valence electrons. The number of hydrogen-bond acceptors (Lipinski definition) is 3. The molecule has 0 radical (unpaired) electrons. The molecule has 0 unspecified atom stereocenters. The number of nitriles is 1. The third-order valence-corrected chi connectivity index (χ3v) is 2.14. The minimum Gasteiger partial charge on any atom is -0.479 e. The first-order chi connectivity index (χ1) is 8.51. The third kappa shape index (κ3) is 6.11. The van der Waals surface area contributed by atoms with E-state index in [4.69, 9.17) is 10.00 Å². The van der Waals surface area contributed by atoms with Crippen LogP contribution in [0.3, 0.4) is 0 Å². The molecule has 0 saturated heterocycles. The molecule has 3 nitrogen and oxygen atoms in total. The molecule has 6 heteroatoms. The lowest BCUT2D eigenvalue weighted by atomic mass is 10.2. The highest BCUT2D eigenvalue weighted by molar-refractivity contribution is 5.27. The average Bonchev–Trinajstić information content (AvgIpc) is 2.32. The van der Waals surface area contributed by atoms with Crippen molar-refractivity contribution >= 4 is 0 Å². The SMILES string of the molecule is N#CCOc1ccc(CNCCC(F)(F)F)cc1. The van der Waals surface area contributed by atoms with Crippen LogP contribution in [0.1, 0.15) is 12.0 Å². The van der Waals surface area contributed by atoms with Crippen molar-refractivity contribution in [2.24, 2.45) is 0 Å². The molecule has 18 heavy (non-hydrogen) atoms. The number of benzene rings is 1. The molecule has 0 amide bonds. The van der Waals surface area contributed by atoms with Gasteiger partial charge in [0.15, 0.2) is 6.61 Å². The zero-order valence-corrected chi connectivity index (χ0v) is 9.63. The number of alkyl halides is 3. The molecule has 0 aliphatic heterocycles. The van der Waals surface area contributed by atoms with E-state index in [9.17, 15) is 13.2 Å². The summed E-state index contributed by atoms with van der Waals surface area (Å²) in [6, 6.07) is 8.69. The molecule has 1 N–H and O–H groups in total. The molecule has 1 aromatic rings. The molecule has 0 heterocycles. The first-order valence-corrected chi connectivity index (χ1v) is 5.37. The highest BCUT2D eigenvalue weighted by Crippen LogP contribution is 2.18. The van der Waals surface area contributed by atoms with E-state index < -0.39 is 12.6 Å². The van der Waals surface area contributed by atoms with E-state index in [1.54, 1.807) is 24.3 Å². The summed E-state index contributed by atoms with van der Waals surface area (Å²) < 4.78 is 40.7. The number of halogens is 3. The highest BCUT2D eigenvalue weighted by Gasteiger charge is 2.25. The molecule has 0 atom stereocenters. The number of hydrogen-bond donors (Lipinski definition) is 1. The van der Waals surface area contributed by atoms with Crippen LogP contribution in [-0.2, 0) is 6.54 Å². The average molecular weight is 258 g/mol. The Balaban J connectivity index is 2.29. The van der Waals surface area contributed by atoms with Crippen molar-refractivity contribution < 1.29 is 17.9 Å². The first kappa shape index (κ1) is 14.3. The van der Waals surface area contributed by atoms with E-state index in [2.05, 4.69) is 5.32 Å². The van der Waals surface area contributed by atoms with Crippen LogP contribution in [0.15, 0.2) is 24.3 Å². The van der Waals surface area contributed by atoms with Gasteiger partial charge in [0.05, 0.1) is 6.42 Å². The van der Waals surface area contributed by atoms with Crippen LogP contribution in [0.25, 0.3) is 0 Å². The zero-order valence-electron chi connectivity index (χ0n) is 9.63. The second-order valence-corrected chi connectivity index (χ2v) is 3.63. The second-order valence-electron chi connectivity index (χ2n) is 3.63. The normalized spacial score (nSPS) is 11.0. The van der Waals surface area contributed by atoms with E-state index in [0.717, 1.165) is 5.56 Å². The lowest BCUT2D eigenvalue weighted by Gasteiger charge is -2.08. The topological polar surface area (TPSA) is 45.0 Å². The number of nitrogens with one attached hydrogen (secondary N) is 1. The summed E-state index contributed by atoms with van der Waals surface area (Å²) in [5, 5.41) is 11.0. The lowest BCUT2D eigenvalue weighted by Crippen LogP contribution is -2.21. The molecule has 1 rings (SSSR count). The van der Waals surface area contributed by atoms with Crippen LogP contribution >= 0.6 is 0 Å². The predicted octanol–water partition coefficient (Wildman–Crippen LogP) is 2.63. The molecular weight excluding hydrogens is 245 g/mol. The highest BCUT2D eigenvalue weighted by atomic mass is 19.4. The lowest BCUT2D eigenvalue weighted by molar-refractivity contribution is -0.133. The van der Waals surface area contributed by atoms with Gasteiger partial charge in [-0.1, -0.05) is 12.1 Å². The number of ether oxygens (including phenoxy) is 1. The van der Waals surface area contributed by atoms with Gasteiger partial charge in [-0.15, -0.1) is 0 Å². The van der Waals surface area contributed by atoms with Crippen LogP contribution in [0, 0.1) is 11.3 Å². The van der Waals surface area contributed by atoms with Crippen molar-refractivity contribution in [2.45, 2.75) is 19.1 Å². The van der Waals surface area contributed by atoms with Crippen LogP contribution in [0.2, 0.25) is 0 Å². The van der Waals surface area contributed by atoms with Gasteiger partial charge < -0.3 is 10.1 Å². The fourth-order valence-corrected chi connectivity index (χ4v) is 1.28. The van der Waals surface area contributed by atoms with Crippen molar-refractivity contribution in [1.82, 2.24) is 5.32 Å². The van der Waals surface area contributed by atoms with E-state index in [-0.39, 0.29) is 13.2 Å². The summed E-state index contributed by atoms with van der Waals surface area (Å²) in [6.45, 7) is 0.244. The minimum absolute atomic E-state index is 0.0246. The molecule has 0 bridgehead atoms. The fourth-order valence-electron chi connectivity index (χ4n) is 1.28. The Bertz CT molecular complexity index is 395. The number of nitrogens with zero attached hydrogens (tertiary/aromatic N) is 1. The van der Waals surface area contributed by atoms with Crippen molar-refractivity contribution in [2.75, 3.05) is 13.2 Å². The quantitative estimate of drug-likeness (QED) is 0.798. The van der Waals surface area contributed by atoms with Gasteiger partial charge in [0.2, 0.25) is 0 Å². The maximum atomic E-state index is 11.9. The fraction of sp³-hybridized carbons (Fsp3) is 0.417. The van der Waals surface area contributed by atoms with E-state index in [0.29, 0.717) is 12.3 Å². The minimum atomic E-state index is -4.12. The molecule has 0 fully saturated rings. The van der Waals surface area contributed by atoms with Gasteiger partial charge in [-0.2, -0.15) is 18.4 Å². The van der Waals surface area contributed by atoms with Gasteiger partial charge in [0, 0.05) is 13.1 Å². The summed E-state index contributed by atoms with van der Waals surface area (Å²) >= 11 is 0. The smallest absolute Gasteiger partial charge is 0.390 e. The zero-order chi connectivity index (χ0) is 13.4. The second kappa shape index (κ2) is 6.87. The molecule has 0 aliphatic carbocycles. The van der Waals surface area contributed by atoms with Gasteiger partial charge >= 0.3 is 6.18 Å². The molecule has 1 aromatic carbocycles. The Morgan fingerprint density at radius 2 is 1.89 bits per heavy atom. The van der Waals surface area contributed by atoms with Gasteiger partial charge in [-0.25, -0.2) is 0 Å². The van der Waals surface area contributed by atoms with Crippen LogP contribution in [0.4, 0.5) is 13.2 Å². The summed E-state index contributed by atoms with van der Waals surface area (Å²) in [5.74, 6) is 0.565. The molecule has 0 spiro atoms. The Hall–Kier alpha value is -1.74. The summed E-state index contributed by atoms with van der Waals surface area (Å²) in [5.41, 5.74) is 0.862. The molecule has 0 aliphatic rings. The van der Waals surface area contributed by atoms with Crippen LogP contribution in [0.5, 0.6) is 5.75 Å². The summed E-state index contributed by atoms with van der Waals surface area (Å²) in [7, 11) is 0. The summed E-state index contributed by atoms with van der Waals surface area (Å²) in [4.78, 5) is 0. The maximum absolute atomic E-state index is 11.9. The Morgan fingerprint density at radius 3 is 2.44 bits per heavy atom. The summed E-state index contributed by atoms with van der Waals surface area (Å²) in [6.07, 6.45) is -4.96. The van der Waals surface area contributed by atoms with Gasteiger partial charge in [0.25, 0.3) is 0 Å². The maximum Gasteiger partial charge on any atom is 0.390 e. The van der Waals surface area contributed by atoms with E-state index in [1.165, 1.54) is 0 Å². The Kier molecular flexibility index (Phi) is 5.46. The standard InChI is InChI=1S/C12H13F3N2O/c13-12(14,15)5-7-17-9-10-1-3-11(4-2-10)18-8-6-16/h1-4,17H,5,7-9H2. The van der Waals surface area contributed by atoms with Crippen molar-refractivity contribution in [3.05, 3.63) is 29.8 Å². The van der Waals surface area contributed by atoms with Crippen molar-refractivity contribution in [1.29, 1.82) is 5.26 Å². The predicted molar refractivity (Wildman–Crippen MR) is 59.9 cm³/mol. The Labute approximate surface area is 103 Å². The van der Waals surface area contributed by atoms with Gasteiger partial charge in [-0.05, 0) is 17.7 Å². The molecule has 0 aromatic heterocycles. The molecular formula is C12H13F3N2O. The molecule has 0 saturated carbocycles. The van der Waals surface area contributed by atoms with Crippen LogP contribution < -0.4 is 10.1 Å². The number of rotatable bonds is 6.